The lowest BCUT2D eigenvalue weighted by atomic mass is 9.94. The van der Waals surface area contributed by atoms with Gasteiger partial charge in [0, 0.05) is 17.6 Å². The molecule has 0 aliphatic heterocycles. The first-order valence-electron chi connectivity index (χ1n) is 7.68. The van der Waals surface area contributed by atoms with Gasteiger partial charge >= 0.3 is 0 Å². The summed E-state index contributed by atoms with van der Waals surface area (Å²) in [5, 5.41) is 3.16. The molecule has 0 aliphatic carbocycles. The van der Waals surface area contributed by atoms with Gasteiger partial charge in [0.1, 0.15) is 4.83 Å². The zero-order valence-corrected chi connectivity index (χ0v) is 14.4. The number of carbonyl (C=O) groups is 1. The lowest BCUT2D eigenvalue weighted by Crippen LogP contribution is -2.14. The zero-order chi connectivity index (χ0) is 16.6. The quantitative estimate of drug-likeness (QED) is 0.563. The van der Waals surface area contributed by atoms with Crippen molar-refractivity contribution in [3.63, 3.8) is 0 Å². The predicted octanol–water partition coefficient (Wildman–Crippen LogP) is 4.60. The molecule has 0 unspecified atom stereocenters. The molecule has 4 heteroatoms. The van der Waals surface area contributed by atoms with Crippen molar-refractivity contribution in [1.82, 2.24) is 4.57 Å². The summed E-state index contributed by atoms with van der Waals surface area (Å²) in [6.07, 6.45) is 0. The van der Waals surface area contributed by atoms with Gasteiger partial charge in [0.05, 0.1) is 11.3 Å². The van der Waals surface area contributed by atoms with E-state index in [0.29, 0.717) is 17.0 Å². The standard InChI is InChI=1S/C19H20N2OS/c1-4-21-16(11-14-9-10-23-19(14)21)18(22)17(13(3)20)15-8-6-5-7-12(15)2/h5-11H,4,20H2,1-3H3/b17-13-. The Labute approximate surface area is 140 Å². The number of rotatable bonds is 4. The maximum Gasteiger partial charge on any atom is 0.211 e. The maximum absolute atomic E-state index is 13.2. The third-order valence-electron chi connectivity index (χ3n) is 4.09. The van der Waals surface area contributed by atoms with E-state index in [4.69, 9.17) is 5.73 Å². The SMILES string of the molecule is CCn1c(C(=O)/C(=C(/C)N)c2ccccc2C)cc2ccsc21. The molecule has 0 saturated carbocycles. The van der Waals surface area contributed by atoms with Crippen LogP contribution in [0.25, 0.3) is 15.8 Å². The van der Waals surface area contributed by atoms with Crippen LogP contribution in [0.3, 0.4) is 0 Å². The second kappa shape index (κ2) is 6.05. The van der Waals surface area contributed by atoms with Gasteiger partial charge in [-0.3, -0.25) is 4.79 Å². The first-order valence-corrected chi connectivity index (χ1v) is 8.56. The Morgan fingerprint density at radius 3 is 2.65 bits per heavy atom. The molecule has 3 nitrogen and oxygen atoms in total. The lowest BCUT2D eigenvalue weighted by Gasteiger charge is -2.13. The minimum Gasteiger partial charge on any atom is -0.402 e. The molecule has 2 heterocycles. The molecule has 0 fully saturated rings. The molecule has 0 amide bonds. The van der Waals surface area contributed by atoms with Gasteiger partial charge in [-0.15, -0.1) is 11.3 Å². The summed E-state index contributed by atoms with van der Waals surface area (Å²) in [6, 6.07) is 11.9. The van der Waals surface area contributed by atoms with E-state index in [1.54, 1.807) is 18.3 Å². The van der Waals surface area contributed by atoms with Crippen molar-refractivity contribution >= 4 is 32.9 Å². The van der Waals surface area contributed by atoms with Gasteiger partial charge in [-0.2, -0.15) is 0 Å². The highest BCUT2D eigenvalue weighted by atomic mass is 32.1. The van der Waals surface area contributed by atoms with Crippen LogP contribution in [0.2, 0.25) is 0 Å². The van der Waals surface area contributed by atoms with Crippen molar-refractivity contribution in [2.24, 2.45) is 5.73 Å². The van der Waals surface area contributed by atoms with Crippen molar-refractivity contribution in [3.05, 3.63) is 64.3 Å². The first kappa shape index (κ1) is 15.6. The van der Waals surface area contributed by atoms with Gasteiger partial charge < -0.3 is 10.3 Å². The van der Waals surface area contributed by atoms with Crippen LogP contribution < -0.4 is 5.73 Å². The molecule has 118 valence electrons. The van der Waals surface area contributed by atoms with Gasteiger partial charge in [-0.25, -0.2) is 0 Å². The van der Waals surface area contributed by atoms with Crippen molar-refractivity contribution in [3.8, 4) is 0 Å². The normalized spacial score (nSPS) is 12.5. The molecule has 0 aliphatic rings. The van der Waals surface area contributed by atoms with Crippen LogP contribution >= 0.6 is 11.3 Å². The summed E-state index contributed by atoms with van der Waals surface area (Å²) >= 11 is 1.66. The lowest BCUT2D eigenvalue weighted by molar-refractivity contribution is 0.104. The average Bonchev–Trinajstić information content (AvgIpc) is 3.09. The molecule has 0 atom stereocenters. The third kappa shape index (κ3) is 2.59. The number of hydrogen-bond donors (Lipinski definition) is 1. The second-order valence-corrected chi connectivity index (χ2v) is 6.55. The van der Waals surface area contributed by atoms with Crippen LogP contribution in [0.1, 0.15) is 35.5 Å². The fourth-order valence-corrected chi connectivity index (χ4v) is 3.93. The highest BCUT2D eigenvalue weighted by molar-refractivity contribution is 7.16. The monoisotopic (exact) mass is 324 g/mol. The topological polar surface area (TPSA) is 48.0 Å². The van der Waals surface area contributed by atoms with E-state index < -0.39 is 0 Å². The number of aryl methyl sites for hydroxylation is 2. The number of benzene rings is 1. The smallest absolute Gasteiger partial charge is 0.211 e. The van der Waals surface area contributed by atoms with Crippen molar-refractivity contribution in [2.45, 2.75) is 27.3 Å². The summed E-state index contributed by atoms with van der Waals surface area (Å²) in [6.45, 7) is 6.61. The molecule has 0 spiro atoms. The van der Waals surface area contributed by atoms with Crippen LogP contribution in [-0.2, 0) is 6.54 Å². The number of carbonyl (C=O) groups excluding carboxylic acids is 1. The van der Waals surface area contributed by atoms with E-state index in [1.807, 2.05) is 37.3 Å². The molecular weight excluding hydrogens is 304 g/mol. The van der Waals surface area contributed by atoms with Crippen LogP contribution in [0.15, 0.2) is 47.5 Å². The number of ketones is 1. The molecule has 3 rings (SSSR count). The number of allylic oxidation sites excluding steroid dienone is 2. The van der Waals surface area contributed by atoms with Crippen LogP contribution in [0.5, 0.6) is 0 Å². The van der Waals surface area contributed by atoms with E-state index in [9.17, 15) is 4.79 Å². The van der Waals surface area contributed by atoms with Crippen LogP contribution in [0, 0.1) is 6.92 Å². The van der Waals surface area contributed by atoms with E-state index in [-0.39, 0.29) is 5.78 Å². The Morgan fingerprint density at radius 2 is 2.00 bits per heavy atom. The molecular formula is C19H20N2OS. The minimum absolute atomic E-state index is 0.00968. The predicted molar refractivity (Wildman–Crippen MR) is 97.8 cm³/mol. The van der Waals surface area contributed by atoms with Crippen LogP contribution in [0.4, 0.5) is 0 Å². The number of fused-ring (bicyclic) bond motifs is 1. The Balaban J connectivity index is 2.18. The largest absolute Gasteiger partial charge is 0.402 e. The molecule has 0 radical (unpaired) electrons. The number of nitrogens with two attached hydrogens (primary N) is 1. The Bertz CT molecular complexity index is 910. The summed E-state index contributed by atoms with van der Waals surface area (Å²) in [5.74, 6) is -0.00968. The van der Waals surface area contributed by atoms with Crippen molar-refractivity contribution < 1.29 is 4.79 Å². The fourth-order valence-electron chi connectivity index (χ4n) is 2.97. The first-order chi connectivity index (χ1) is 11.0. The average molecular weight is 324 g/mol. The molecule has 23 heavy (non-hydrogen) atoms. The van der Waals surface area contributed by atoms with E-state index >= 15 is 0 Å². The Hall–Kier alpha value is -2.33. The van der Waals surface area contributed by atoms with Gasteiger partial charge in [0.25, 0.3) is 0 Å². The van der Waals surface area contributed by atoms with E-state index in [2.05, 4.69) is 22.9 Å². The van der Waals surface area contributed by atoms with Gasteiger partial charge in [-0.1, -0.05) is 24.3 Å². The molecule has 1 aromatic carbocycles. The van der Waals surface area contributed by atoms with E-state index in [1.165, 1.54) is 0 Å². The summed E-state index contributed by atoms with van der Waals surface area (Å²) in [4.78, 5) is 14.4. The summed E-state index contributed by atoms with van der Waals surface area (Å²) in [7, 11) is 0. The zero-order valence-electron chi connectivity index (χ0n) is 13.6. The molecule has 3 aromatic rings. The summed E-state index contributed by atoms with van der Waals surface area (Å²) < 4.78 is 2.07. The summed E-state index contributed by atoms with van der Waals surface area (Å²) in [5.41, 5.74) is 9.91. The van der Waals surface area contributed by atoms with Crippen molar-refractivity contribution in [1.29, 1.82) is 0 Å². The molecule has 0 bridgehead atoms. The molecule has 2 N–H and O–H groups in total. The Morgan fingerprint density at radius 1 is 1.26 bits per heavy atom. The highest BCUT2D eigenvalue weighted by Crippen LogP contribution is 2.30. The van der Waals surface area contributed by atoms with Crippen molar-refractivity contribution in [2.75, 3.05) is 0 Å². The minimum atomic E-state index is -0.00968. The number of hydrogen-bond acceptors (Lipinski definition) is 3. The molecule has 2 aromatic heterocycles. The fraction of sp³-hybridized carbons (Fsp3) is 0.211. The Kier molecular flexibility index (Phi) is 4.09. The number of Topliss-reactive ketones (excluding diaryl/α,β-unsaturated/α-hetero) is 1. The maximum atomic E-state index is 13.2. The number of thiophene rings is 1. The highest BCUT2D eigenvalue weighted by Gasteiger charge is 2.22. The number of aromatic nitrogens is 1. The molecule has 0 saturated heterocycles. The van der Waals surface area contributed by atoms with E-state index in [0.717, 1.165) is 27.9 Å². The third-order valence-corrected chi connectivity index (χ3v) is 5.04. The van der Waals surface area contributed by atoms with Crippen LogP contribution in [-0.4, -0.2) is 10.4 Å². The number of nitrogens with zero attached hydrogens (tertiary/aromatic N) is 1. The van der Waals surface area contributed by atoms with Gasteiger partial charge in [0.2, 0.25) is 5.78 Å². The van der Waals surface area contributed by atoms with Gasteiger partial charge in [0.15, 0.2) is 0 Å². The van der Waals surface area contributed by atoms with Gasteiger partial charge in [-0.05, 0) is 49.4 Å². The second-order valence-electron chi connectivity index (χ2n) is 5.66.